The van der Waals surface area contributed by atoms with E-state index in [4.69, 9.17) is 0 Å². The Morgan fingerprint density at radius 3 is 2.37 bits per heavy atom. The van der Waals surface area contributed by atoms with E-state index in [1.54, 1.807) is 18.2 Å². The van der Waals surface area contributed by atoms with Crippen LogP contribution >= 0.6 is 0 Å². The number of amides is 1. The van der Waals surface area contributed by atoms with E-state index in [0.717, 1.165) is 29.7 Å². The van der Waals surface area contributed by atoms with Crippen molar-refractivity contribution in [2.45, 2.75) is 26.7 Å². The predicted molar refractivity (Wildman–Crippen MR) is 105 cm³/mol. The maximum Gasteiger partial charge on any atom is 0.274 e. The second-order valence-corrected chi connectivity index (χ2v) is 5.98. The highest BCUT2D eigenvalue weighted by atomic mass is 19.1. The predicted octanol–water partition coefficient (Wildman–Crippen LogP) is 4.74. The molecule has 1 heterocycles. The van der Waals surface area contributed by atoms with E-state index in [2.05, 4.69) is 20.6 Å². The third kappa shape index (κ3) is 4.28. The third-order valence-corrected chi connectivity index (χ3v) is 4.25. The van der Waals surface area contributed by atoms with Crippen LogP contribution in [0.1, 0.15) is 35.5 Å². The molecular weight excluding hydrogens is 343 g/mol. The van der Waals surface area contributed by atoms with Gasteiger partial charge in [-0.15, -0.1) is 0 Å². The first-order valence-electron chi connectivity index (χ1n) is 8.89. The minimum absolute atomic E-state index is 0.159. The van der Waals surface area contributed by atoms with Gasteiger partial charge in [0.1, 0.15) is 11.5 Å². The number of anilines is 3. The van der Waals surface area contributed by atoms with Crippen LogP contribution in [-0.2, 0) is 12.8 Å². The summed E-state index contributed by atoms with van der Waals surface area (Å²) in [6.45, 7) is 4.09. The maximum atomic E-state index is 13.8. The molecule has 5 nitrogen and oxygen atoms in total. The van der Waals surface area contributed by atoms with E-state index in [9.17, 15) is 9.18 Å². The van der Waals surface area contributed by atoms with Gasteiger partial charge < -0.3 is 10.6 Å². The number of carbonyl (C=O) groups excluding carboxylic acids is 1. The Morgan fingerprint density at radius 2 is 1.70 bits per heavy atom. The van der Waals surface area contributed by atoms with Gasteiger partial charge in [-0.25, -0.2) is 14.4 Å². The Morgan fingerprint density at radius 1 is 1.00 bits per heavy atom. The zero-order chi connectivity index (χ0) is 19.2. The quantitative estimate of drug-likeness (QED) is 0.663. The van der Waals surface area contributed by atoms with Crippen molar-refractivity contribution in [2.24, 2.45) is 0 Å². The smallest absolute Gasteiger partial charge is 0.274 e. The van der Waals surface area contributed by atoms with Gasteiger partial charge in [0.25, 0.3) is 5.91 Å². The normalized spacial score (nSPS) is 10.5. The molecule has 1 aromatic heterocycles. The monoisotopic (exact) mass is 364 g/mol. The Kier molecular flexibility index (Phi) is 5.76. The van der Waals surface area contributed by atoms with Crippen molar-refractivity contribution in [3.05, 3.63) is 77.4 Å². The zero-order valence-corrected chi connectivity index (χ0v) is 15.3. The molecule has 2 N–H and O–H groups in total. The molecular formula is C21H21FN4O. The molecule has 1 amide bonds. The van der Waals surface area contributed by atoms with Crippen molar-refractivity contribution in [1.29, 1.82) is 0 Å². The first-order chi connectivity index (χ1) is 13.1. The molecule has 0 aliphatic carbocycles. The number of hydrogen-bond acceptors (Lipinski definition) is 4. The number of aryl methyl sites for hydroxylation is 2. The largest absolute Gasteiger partial charge is 0.322 e. The lowest BCUT2D eigenvalue weighted by atomic mass is 10.0. The molecule has 0 aliphatic rings. The minimum Gasteiger partial charge on any atom is -0.322 e. The van der Waals surface area contributed by atoms with Gasteiger partial charge in [-0.3, -0.25) is 4.79 Å². The van der Waals surface area contributed by atoms with Gasteiger partial charge in [0.2, 0.25) is 5.95 Å². The first-order valence-corrected chi connectivity index (χ1v) is 8.89. The lowest BCUT2D eigenvalue weighted by Crippen LogP contribution is -2.17. The lowest BCUT2D eigenvalue weighted by Gasteiger charge is -2.14. The van der Waals surface area contributed by atoms with Crippen molar-refractivity contribution in [1.82, 2.24) is 9.97 Å². The minimum atomic E-state index is -0.416. The van der Waals surface area contributed by atoms with Crippen LogP contribution in [0.4, 0.5) is 21.7 Å². The van der Waals surface area contributed by atoms with E-state index in [1.165, 1.54) is 18.3 Å². The molecule has 0 bridgehead atoms. The zero-order valence-electron chi connectivity index (χ0n) is 15.3. The molecule has 3 rings (SSSR count). The van der Waals surface area contributed by atoms with Gasteiger partial charge in [0.05, 0.1) is 5.69 Å². The molecule has 0 saturated heterocycles. The second-order valence-electron chi connectivity index (χ2n) is 5.98. The standard InChI is InChI=1S/C21H21FN4O/c1-3-14-8-7-9-15(4-2)19(14)26-20(27)18-12-13-23-21(25-18)24-17-11-6-5-10-16(17)22/h5-13H,3-4H2,1-2H3,(H,26,27)(H,23,24,25). The summed E-state index contributed by atoms with van der Waals surface area (Å²) in [5.74, 6) is -0.586. The summed E-state index contributed by atoms with van der Waals surface area (Å²) in [5, 5.41) is 5.77. The number of para-hydroxylation sites is 2. The molecule has 0 spiro atoms. The fraction of sp³-hybridized carbons (Fsp3) is 0.190. The van der Waals surface area contributed by atoms with Crippen LogP contribution in [0, 0.1) is 5.82 Å². The molecule has 0 fully saturated rings. The Labute approximate surface area is 157 Å². The number of nitrogens with zero attached hydrogens (tertiary/aromatic N) is 2. The molecule has 2 aromatic carbocycles. The molecule has 0 radical (unpaired) electrons. The molecule has 0 saturated carbocycles. The number of hydrogen-bond donors (Lipinski definition) is 2. The number of nitrogens with one attached hydrogen (secondary N) is 2. The van der Waals surface area contributed by atoms with Gasteiger partial charge in [-0.1, -0.05) is 44.2 Å². The highest BCUT2D eigenvalue weighted by molar-refractivity contribution is 6.03. The number of halogens is 1. The second kappa shape index (κ2) is 8.40. The van der Waals surface area contributed by atoms with Gasteiger partial charge in [0, 0.05) is 11.9 Å². The summed E-state index contributed by atoms with van der Waals surface area (Å²) in [7, 11) is 0. The van der Waals surface area contributed by atoms with Crippen molar-refractivity contribution in [2.75, 3.05) is 10.6 Å². The number of rotatable bonds is 6. The van der Waals surface area contributed by atoms with E-state index in [0.29, 0.717) is 0 Å². The van der Waals surface area contributed by atoms with Gasteiger partial charge in [-0.05, 0) is 42.2 Å². The van der Waals surface area contributed by atoms with Crippen molar-refractivity contribution in [3.8, 4) is 0 Å². The fourth-order valence-electron chi connectivity index (χ4n) is 2.81. The van der Waals surface area contributed by atoms with Crippen LogP contribution in [0.15, 0.2) is 54.7 Å². The van der Waals surface area contributed by atoms with E-state index >= 15 is 0 Å². The van der Waals surface area contributed by atoms with Crippen LogP contribution in [0.5, 0.6) is 0 Å². The molecule has 0 atom stereocenters. The van der Waals surface area contributed by atoms with Crippen molar-refractivity contribution in [3.63, 3.8) is 0 Å². The summed E-state index contributed by atoms with van der Waals surface area (Å²) in [6.07, 6.45) is 3.10. The van der Waals surface area contributed by atoms with Crippen LogP contribution in [0.2, 0.25) is 0 Å². The van der Waals surface area contributed by atoms with Gasteiger partial charge in [0.15, 0.2) is 0 Å². The summed E-state index contributed by atoms with van der Waals surface area (Å²) in [6, 6.07) is 13.7. The Balaban J connectivity index is 1.84. The van der Waals surface area contributed by atoms with Crippen LogP contribution in [0.3, 0.4) is 0 Å². The fourth-order valence-corrected chi connectivity index (χ4v) is 2.81. The molecule has 138 valence electrons. The number of carbonyl (C=O) groups is 1. The van der Waals surface area contributed by atoms with E-state index in [1.807, 2.05) is 32.0 Å². The third-order valence-electron chi connectivity index (χ3n) is 4.25. The van der Waals surface area contributed by atoms with Gasteiger partial charge in [-0.2, -0.15) is 0 Å². The van der Waals surface area contributed by atoms with Crippen LogP contribution in [0.25, 0.3) is 0 Å². The number of benzene rings is 2. The van der Waals surface area contributed by atoms with Crippen molar-refractivity contribution < 1.29 is 9.18 Å². The van der Waals surface area contributed by atoms with E-state index < -0.39 is 5.82 Å². The molecule has 27 heavy (non-hydrogen) atoms. The maximum absolute atomic E-state index is 13.8. The SMILES string of the molecule is CCc1cccc(CC)c1NC(=O)c1ccnc(Nc2ccccc2F)n1. The first kappa shape index (κ1) is 18.5. The van der Waals surface area contributed by atoms with Crippen LogP contribution < -0.4 is 10.6 Å². The summed E-state index contributed by atoms with van der Waals surface area (Å²) in [4.78, 5) is 21.0. The van der Waals surface area contributed by atoms with Gasteiger partial charge >= 0.3 is 0 Å². The highest BCUT2D eigenvalue weighted by Crippen LogP contribution is 2.23. The molecule has 0 unspecified atom stereocenters. The van der Waals surface area contributed by atoms with Crippen molar-refractivity contribution >= 4 is 23.2 Å². The average Bonchev–Trinajstić information content (AvgIpc) is 2.70. The Bertz CT molecular complexity index is 936. The summed E-state index contributed by atoms with van der Waals surface area (Å²) in [5.41, 5.74) is 3.43. The molecule has 6 heteroatoms. The topological polar surface area (TPSA) is 66.9 Å². The lowest BCUT2D eigenvalue weighted by molar-refractivity contribution is 0.102. The Hall–Kier alpha value is -3.28. The van der Waals surface area contributed by atoms with Crippen LogP contribution in [-0.4, -0.2) is 15.9 Å². The highest BCUT2D eigenvalue weighted by Gasteiger charge is 2.14. The van der Waals surface area contributed by atoms with E-state index in [-0.39, 0.29) is 23.2 Å². The summed E-state index contributed by atoms with van der Waals surface area (Å²) < 4.78 is 13.8. The average molecular weight is 364 g/mol. The molecule has 3 aromatic rings. The molecule has 0 aliphatic heterocycles. The number of aromatic nitrogens is 2. The summed E-state index contributed by atoms with van der Waals surface area (Å²) >= 11 is 0.